The molecule has 2 atom stereocenters. The lowest BCUT2D eigenvalue weighted by Gasteiger charge is -2.25. The molecule has 1 aliphatic heterocycles. The van der Waals surface area contributed by atoms with Gasteiger partial charge in [-0.3, -0.25) is 9.78 Å². The zero-order valence-corrected chi connectivity index (χ0v) is 13.3. The van der Waals surface area contributed by atoms with Gasteiger partial charge in [0.2, 0.25) is 0 Å². The first kappa shape index (κ1) is 15.7. The van der Waals surface area contributed by atoms with Gasteiger partial charge in [0.15, 0.2) is 11.6 Å². The molecule has 0 spiro atoms. The highest BCUT2D eigenvalue weighted by Crippen LogP contribution is 2.37. The molecule has 120 valence electrons. The van der Waals surface area contributed by atoms with Crippen LogP contribution in [0, 0.1) is 11.7 Å². The Morgan fingerprint density at radius 2 is 2.26 bits per heavy atom. The van der Waals surface area contributed by atoms with E-state index in [2.05, 4.69) is 11.9 Å². The summed E-state index contributed by atoms with van der Waals surface area (Å²) in [5.74, 6) is -1.50. The average Bonchev–Trinajstić information content (AvgIpc) is 2.94. The largest absolute Gasteiger partial charge is 0.504 e. The number of aromatic nitrogens is 1. The maximum atomic E-state index is 13.7. The molecule has 1 aliphatic rings. The van der Waals surface area contributed by atoms with Crippen molar-refractivity contribution in [2.45, 2.75) is 19.4 Å². The van der Waals surface area contributed by atoms with Crippen molar-refractivity contribution in [2.24, 2.45) is 5.92 Å². The third-order valence-corrected chi connectivity index (χ3v) is 4.39. The molecule has 2 heterocycles. The van der Waals surface area contributed by atoms with Crippen molar-refractivity contribution in [1.29, 1.82) is 0 Å². The molecule has 23 heavy (non-hydrogen) atoms. The highest BCUT2D eigenvalue weighted by Gasteiger charge is 2.35. The summed E-state index contributed by atoms with van der Waals surface area (Å²) in [4.78, 5) is 18.6. The van der Waals surface area contributed by atoms with Crippen molar-refractivity contribution in [3.63, 3.8) is 0 Å². The Labute approximate surface area is 138 Å². The van der Waals surface area contributed by atoms with Crippen LogP contribution >= 0.6 is 11.6 Å². The monoisotopic (exact) mass is 334 g/mol. The Balaban J connectivity index is 1.94. The first-order valence-corrected chi connectivity index (χ1v) is 7.74. The standard InChI is InChI=1S/C17H16ClFN2O2/c1-10-5-15(11-3-2-4-20-8-11)21(9-10)17(23)12-6-13(18)16(22)14(19)7-12/h2-4,6-8,10,15,22H,5,9H2,1H3/t10-,15+/m1/s1. The van der Waals surface area contributed by atoms with Crippen LogP contribution in [0.25, 0.3) is 0 Å². The van der Waals surface area contributed by atoms with E-state index in [0.29, 0.717) is 12.5 Å². The van der Waals surface area contributed by atoms with E-state index in [0.717, 1.165) is 18.1 Å². The molecule has 1 amide bonds. The second kappa shape index (κ2) is 6.16. The van der Waals surface area contributed by atoms with Gasteiger partial charge in [-0.1, -0.05) is 24.6 Å². The topological polar surface area (TPSA) is 53.4 Å². The van der Waals surface area contributed by atoms with Crippen LogP contribution in [-0.2, 0) is 0 Å². The van der Waals surface area contributed by atoms with Gasteiger partial charge in [-0.05, 0) is 36.1 Å². The number of phenolic OH excluding ortho intramolecular Hbond substituents is 1. The summed E-state index contributed by atoms with van der Waals surface area (Å²) in [5, 5.41) is 9.24. The number of carbonyl (C=O) groups excluding carboxylic acids is 1. The summed E-state index contributed by atoms with van der Waals surface area (Å²) >= 11 is 5.78. The number of amides is 1. The first-order chi connectivity index (χ1) is 11.0. The van der Waals surface area contributed by atoms with Crippen LogP contribution in [0.5, 0.6) is 5.75 Å². The number of phenols is 1. The summed E-state index contributed by atoms with van der Waals surface area (Å²) < 4.78 is 13.7. The van der Waals surface area contributed by atoms with Gasteiger partial charge in [-0.2, -0.15) is 0 Å². The van der Waals surface area contributed by atoms with E-state index in [1.807, 2.05) is 12.1 Å². The number of benzene rings is 1. The van der Waals surface area contributed by atoms with Gasteiger partial charge in [0.05, 0.1) is 11.1 Å². The molecular weight excluding hydrogens is 319 g/mol. The molecule has 1 aromatic heterocycles. The molecule has 0 bridgehead atoms. The third kappa shape index (κ3) is 3.01. The predicted molar refractivity (Wildman–Crippen MR) is 84.9 cm³/mol. The van der Waals surface area contributed by atoms with Crippen molar-refractivity contribution in [3.05, 3.63) is 58.6 Å². The number of nitrogens with zero attached hydrogens (tertiary/aromatic N) is 2. The smallest absolute Gasteiger partial charge is 0.254 e. The van der Waals surface area contributed by atoms with Crippen molar-refractivity contribution in [1.82, 2.24) is 9.88 Å². The quantitative estimate of drug-likeness (QED) is 0.908. The van der Waals surface area contributed by atoms with Crippen molar-refractivity contribution in [3.8, 4) is 5.75 Å². The second-order valence-electron chi connectivity index (χ2n) is 5.89. The number of carbonyl (C=O) groups is 1. The van der Waals surface area contributed by atoms with Gasteiger partial charge in [-0.15, -0.1) is 0 Å². The van der Waals surface area contributed by atoms with Gasteiger partial charge in [0, 0.05) is 24.5 Å². The molecule has 1 N–H and O–H groups in total. The zero-order chi connectivity index (χ0) is 16.6. The van der Waals surface area contributed by atoms with E-state index in [1.165, 1.54) is 6.07 Å². The molecule has 4 nitrogen and oxygen atoms in total. The fraction of sp³-hybridized carbons (Fsp3) is 0.294. The summed E-state index contributed by atoms with van der Waals surface area (Å²) in [7, 11) is 0. The maximum absolute atomic E-state index is 13.7. The molecule has 1 aromatic carbocycles. The lowest BCUT2D eigenvalue weighted by Crippen LogP contribution is -2.31. The van der Waals surface area contributed by atoms with E-state index in [-0.39, 0.29) is 22.5 Å². The highest BCUT2D eigenvalue weighted by molar-refractivity contribution is 6.32. The number of halogens is 2. The van der Waals surface area contributed by atoms with E-state index in [1.54, 1.807) is 17.3 Å². The minimum absolute atomic E-state index is 0.0955. The third-order valence-electron chi connectivity index (χ3n) is 4.10. The number of rotatable bonds is 2. The van der Waals surface area contributed by atoms with Crippen LogP contribution in [0.4, 0.5) is 4.39 Å². The lowest BCUT2D eigenvalue weighted by molar-refractivity contribution is 0.0731. The number of likely N-dealkylation sites (tertiary alicyclic amines) is 1. The Morgan fingerprint density at radius 3 is 2.91 bits per heavy atom. The molecular formula is C17H16ClFN2O2. The van der Waals surface area contributed by atoms with E-state index in [4.69, 9.17) is 11.6 Å². The summed E-state index contributed by atoms with van der Waals surface area (Å²) in [6, 6.07) is 5.98. The normalized spacial score (nSPS) is 20.7. The van der Waals surface area contributed by atoms with Crippen LogP contribution in [0.2, 0.25) is 5.02 Å². The van der Waals surface area contributed by atoms with E-state index >= 15 is 0 Å². The Bertz CT molecular complexity index is 716. The van der Waals surface area contributed by atoms with E-state index in [9.17, 15) is 14.3 Å². The summed E-state index contributed by atoms with van der Waals surface area (Å²) in [5.41, 5.74) is 1.09. The number of hydrogen-bond acceptors (Lipinski definition) is 3. The SMILES string of the molecule is C[C@@H]1C[C@@H](c2cccnc2)N(C(=O)c2cc(F)c(O)c(Cl)c2)C1. The molecule has 0 radical (unpaired) electrons. The molecule has 1 saturated heterocycles. The minimum Gasteiger partial charge on any atom is -0.504 e. The zero-order valence-electron chi connectivity index (χ0n) is 12.5. The van der Waals surface area contributed by atoms with Crippen molar-refractivity contribution < 1.29 is 14.3 Å². The lowest BCUT2D eigenvalue weighted by atomic mass is 10.0. The maximum Gasteiger partial charge on any atom is 0.254 e. The Morgan fingerprint density at radius 1 is 1.48 bits per heavy atom. The van der Waals surface area contributed by atoms with Crippen molar-refractivity contribution >= 4 is 17.5 Å². The van der Waals surface area contributed by atoms with Gasteiger partial charge >= 0.3 is 0 Å². The van der Waals surface area contributed by atoms with Gasteiger partial charge in [0.1, 0.15) is 0 Å². The second-order valence-corrected chi connectivity index (χ2v) is 6.30. The van der Waals surface area contributed by atoms with Gasteiger partial charge < -0.3 is 10.0 Å². The molecule has 6 heteroatoms. The summed E-state index contributed by atoms with van der Waals surface area (Å²) in [6.45, 7) is 2.65. The average molecular weight is 335 g/mol. The Kier molecular flexibility index (Phi) is 4.22. The molecule has 0 aliphatic carbocycles. The predicted octanol–water partition coefficient (Wildman–Crippen LogP) is 3.80. The molecule has 2 aromatic rings. The van der Waals surface area contributed by atoms with Crippen LogP contribution in [0.15, 0.2) is 36.7 Å². The molecule has 0 saturated carbocycles. The van der Waals surface area contributed by atoms with E-state index < -0.39 is 11.6 Å². The summed E-state index contributed by atoms with van der Waals surface area (Å²) in [6.07, 6.45) is 4.25. The first-order valence-electron chi connectivity index (χ1n) is 7.36. The van der Waals surface area contributed by atoms with Crippen LogP contribution < -0.4 is 0 Å². The molecule has 0 unspecified atom stereocenters. The van der Waals surface area contributed by atoms with Crippen LogP contribution in [-0.4, -0.2) is 27.4 Å². The van der Waals surface area contributed by atoms with Gasteiger partial charge in [0.25, 0.3) is 5.91 Å². The minimum atomic E-state index is -0.897. The molecule has 3 rings (SSSR count). The van der Waals surface area contributed by atoms with Crippen LogP contribution in [0.1, 0.15) is 35.3 Å². The highest BCUT2D eigenvalue weighted by atomic mass is 35.5. The number of hydrogen-bond donors (Lipinski definition) is 1. The number of pyridine rings is 1. The fourth-order valence-electron chi connectivity index (χ4n) is 3.01. The van der Waals surface area contributed by atoms with Gasteiger partial charge in [-0.25, -0.2) is 4.39 Å². The van der Waals surface area contributed by atoms with Crippen molar-refractivity contribution in [2.75, 3.05) is 6.54 Å². The van der Waals surface area contributed by atoms with Crippen LogP contribution in [0.3, 0.4) is 0 Å². The fourth-order valence-corrected chi connectivity index (χ4v) is 3.22. The number of aromatic hydroxyl groups is 1. The Hall–Kier alpha value is -2.14. The molecule has 1 fully saturated rings.